The van der Waals surface area contributed by atoms with Crippen LogP contribution in [-0.4, -0.2) is 23.5 Å². The van der Waals surface area contributed by atoms with E-state index in [1.165, 1.54) is 4.90 Å². The standard InChI is InChI=1S/C24H21ClN2O3/c1-15-10-11-16(2)20(12-15)26-22(28)14-27-21-9-4-3-8-19(21)24(30,23(27)29)17-6-5-7-18(25)13-17/h3-13,30H,14H2,1-2H3,(H,26,28)/t24-/m0/s1. The van der Waals surface area contributed by atoms with Crippen LogP contribution in [0, 0.1) is 13.8 Å². The van der Waals surface area contributed by atoms with Crippen LogP contribution in [0.2, 0.25) is 5.02 Å². The first-order valence-electron chi connectivity index (χ1n) is 9.57. The van der Waals surface area contributed by atoms with Crippen molar-refractivity contribution in [2.24, 2.45) is 0 Å². The van der Waals surface area contributed by atoms with Gasteiger partial charge in [-0.15, -0.1) is 0 Å². The number of nitrogens with one attached hydrogen (secondary N) is 1. The second kappa shape index (κ2) is 7.59. The number of aryl methyl sites for hydroxylation is 2. The monoisotopic (exact) mass is 420 g/mol. The van der Waals surface area contributed by atoms with E-state index >= 15 is 0 Å². The molecule has 1 aliphatic rings. The van der Waals surface area contributed by atoms with E-state index in [4.69, 9.17) is 11.6 Å². The SMILES string of the molecule is Cc1ccc(C)c(NC(=O)CN2C(=O)[C@](O)(c3cccc(Cl)c3)c3ccccc32)c1. The minimum atomic E-state index is -1.90. The smallest absolute Gasteiger partial charge is 0.268 e. The summed E-state index contributed by atoms with van der Waals surface area (Å²) in [4.78, 5) is 27.5. The predicted octanol–water partition coefficient (Wildman–Crippen LogP) is 4.18. The van der Waals surface area contributed by atoms with Gasteiger partial charge < -0.3 is 10.4 Å². The van der Waals surface area contributed by atoms with Gasteiger partial charge in [0.05, 0.1) is 5.69 Å². The molecule has 1 aliphatic heterocycles. The molecule has 2 amide bonds. The molecule has 0 fully saturated rings. The topological polar surface area (TPSA) is 69.6 Å². The van der Waals surface area contributed by atoms with E-state index in [9.17, 15) is 14.7 Å². The molecule has 4 rings (SSSR count). The number of carbonyl (C=O) groups is 2. The Morgan fingerprint density at radius 1 is 1.07 bits per heavy atom. The van der Waals surface area contributed by atoms with Crippen molar-refractivity contribution in [3.63, 3.8) is 0 Å². The number of aliphatic hydroxyl groups is 1. The van der Waals surface area contributed by atoms with Crippen LogP contribution in [0.4, 0.5) is 11.4 Å². The van der Waals surface area contributed by atoms with Crippen LogP contribution in [0.15, 0.2) is 66.7 Å². The maximum absolute atomic E-state index is 13.4. The Hall–Kier alpha value is -3.15. The quantitative estimate of drug-likeness (QED) is 0.665. The van der Waals surface area contributed by atoms with Gasteiger partial charge in [0.25, 0.3) is 5.91 Å². The number of halogens is 1. The van der Waals surface area contributed by atoms with E-state index in [-0.39, 0.29) is 12.5 Å². The number of amides is 2. The first kappa shape index (κ1) is 20.1. The Balaban J connectivity index is 1.67. The molecule has 0 spiro atoms. The molecule has 3 aromatic rings. The molecule has 2 N–H and O–H groups in total. The Morgan fingerprint density at radius 3 is 2.60 bits per heavy atom. The van der Waals surface area contributed by atoms with E-state index < -0.39 is 11.5 Å². The van der Waals surface area contributed by atoms with Gasteiger partial charge in [0.15, 0.2) is 5.60 Å². The summed E-state index contributed by atoms with van der Waals surface area (Å²) in [5, 5.41) is 14.8. The Morgan fingerprint density at radius 2 is 1.83 bits per heavy atom. The highest BCUT2D eigenvalue weighted by Gasteiger charge is 2.51. The number of hydrogen-bond donors (Lipinski definition) is 2. The Bertz CT molecular complexity index is 1160. The minimum absolute atomic E-state index is 0.216. The molecule has 0 unspecified atom stereocenters. The summed E-state index contributed by atoms with van der Waals surface area (Å²) in [6.07, 6.45) is 0. The molecule has 0 bridgehead atoms. The molecule has 0 saturated carbocycles. The second-order valence-corrected chi connectivity index (χ2v) is 7.93. The van der Waals surface area contributed by atoms with Crippen LogP contribution in [0.3, 0.4) is 0 Å². The lowest BCUT2D eigenvalue weighted by Crippen LogP contribution is -2.44. The molecule has 30 heavy (non-hydrogen) atoms. The highest BCUT2D eigenvalue weighted by Crippen LogP contribution is 2.44. The molecule has 5 nitrogen and oxygen atoms in total. The molecule has 1 heterocycles. The van der Waals surface area contributed by atoms with Gasteiger partial charge in [0, 0.05) is 16.3 Å². The van der Waals surface area contributed by atoms with Crippen LogP contribution >= 0.6 is 11.6 Å². The lowest BCUT2D eigenvalue weighted by Gasteiger charge is -2.24. The van der Waals surface area contributed by atoms with Gasteiger partial charge in [-0.2, -0.15) is 0 Å². The third-order valence-electron chi connectivity index (χ3n) is 5.35. The number of fused-ring (bicyclic) bond motifs is 1. The molecule has 1 atom stereocenters. The Kier molecular flexibility index (Phi) is 5.10. The zero-order valence-electron chi connectivity index (χ0n) is 16.6. The Labute approximate surface area is 179 Å². The van der Waals surface area contributed by atoms with Gasteiger partial charge in [-0.1, -0.05) is 54.1 Å². The van der Waals surface area contributed by atoms with Gasteiger partial charge in [0.2, 0.25) is 5.91 Å². The summed E-state index contributed by atoms with van der Waals surface area (Å²) in [5.74, 6) is -0.927. The van der Waals surface area contributed by atoms with E-state index in [2.05, 4.69) is 5.32 Å². The van der Waals surface area contributed by atoms with Crippen molar-refractivity contribution in [2.75, 3.05) is 16.8 Å². The maximum atomic E-state index is 13.4. The van der Waals surface area contributed by atoms with Gasteiger partial charge in [-0.3, -0.25) is 14.5 Å². The van der Waals surface area contributed by atoms with Crippen LogP contribution in [0.1, 0.15) is 22.3 Å². The van der Waals surface area contributed by atoms with E-state index in [1.54, 1.807) is 48.5 Å². The fraction of sp³-hybridized carbons (Fsp3) is 0.167. The van der Waals surface area contributed by atoms with Crippen LogP contribution in [0.5, 0.6) is 0 Å². The number of para-hydroxylation sites is 1. The van der Waals surface area contributed by atoms with Gasteiger partial charge in [-0.05, 0) is 54.8 Å². The highest BCUT2D eigenvalue weighted by atomic mass is 35.5. The molecule has 0 aliphatic carbocycles. The van der Waals surface area contributed by atoms with Crippen molar-refractivity contribution in [1.82, 2.24) is 0 Å². The predicted molar refractivity (Wildman–Crippen MR) is 118 cm³/mol. The highest BCUT2D eigenvalue weighted by molar-refractivity contribution is 6.30. The number of nitrogens with zero attached hydrogens (tertiary/aromatic N) is 1. The van der Waals surface area contributed by atoms with Crippen LogP contribution in [0.25, 0.3) is 0 Å². The summed E-state index contributed by atoms with van der Waals surface area (Å²) in [5.41, 5.74) is 2.04. The summed E-state index contributed by atoms with van der Waals surface area (Å²) in [7, 11) is 0. The fourth-order valence-corrected chi connectivity index (χ4v) is 3.98. The van der Waals surface area contributed by atoms with E-state index in [0.29, 0.717) is 27.5 Å². The maximum Gasteiger partial charge on any atom is 0.268 e. The van der Waals surface area contributed by atoms with Gasteiger partial charge in [0.1, 0.15) is 6.54 Å². The fourth-order valence-electron chi connectivity index (χ4n) is 3.79. The van der Waals surface area contributed by atoms with Crippen LogP contribution in [-0.2, 0) is 15.2 Å². The van der Waals surface area contributed by atoms with Gasteiger partial charge in [-0.25, -0.2) is 0 Å². The summed E-state index contributed by atoms with van der Waals surface area (Å²) in [6, 6.07) is 19.3. The van der Waals surface area contributed by atoms with Crippen molar-refractivity contribution >= 4 is 34.8 Å². The van der Waals surface area contributed by atoms with Crippen molar-refractivity contribution in [1.29, 1.82) is 0 Å². The number of benzene rings is 3. The minimum Gasteiger partial charge on any atom is -0.372 e. The molecular formula is C24H21ClN2O3. The second-order valence-electron chi connectivity index (χ2n) is 7.50. The molecule has 152 valence electrons. The van der Waals surface area contributed by atoms with Gasteiger partial charge >= 0.3 is 0 Å². The van der Waals surface area contributed by atoms with Crippen molar-refractivity contribution in [3.05, 3.63) is 94.0 Å². The summed E-state index contributed by atoms with van der Waals surface area (Å²) < 4.78 is 0. The molecule has 0 saturated heterocycles. The summed E-state index contributed by atoms with van der Waals surface area (Å²) >= 11 is 6.10. The number of rotatable bonds is 4. The zero-order valence-corrected chi connectivity index (χ0v) is 17.4. The van der Waals surface area contributed by atoms with E-state index in [1.807, 2.05) is 32.0 Å². The number of carbonyl (C=O) groups excluding carboxylic acids is 2. The first-order chi connectivity index (χ1) is 14.3. The van der Waals surface area contributed by atoms with Crippen molar-refractivity contribution in [2.45, 2.75) is 19.4 Å². The molecule has 6 heteroatoms. The lowest BCUT2D eigenvalue weighted by atomic mass is 9.87. The van der Waals surface area contributed by atoms with Crippen LogP contribution < -0.4 is 10.2 Å². The lowest BCUT2D eigenvalue weighted by molar-refractivity contribution is -0.133. The average Bonchev–Trinajstić information content (AvgIpc) is 2.94. The van der Waals surface area contributed by atoms with Crippen molar-refractivity contribution < 1.29 is 14.7 Å². The summed E-state index contributed by atoms with van der Waals surface area (Å²) in [6.45, 7) is 3.63. The zero-order chi connectivity index (χ0) is 21.5. The third-order valence-corrected chi connectivity index (χ3v) is 5.59. The number of anilines is 2. The molecule has 0 aromatic heterocycles. The average molecular weight is 421 g/mol. The number of hydrogen-bond acceptors (Lipinski definition) is 3. The van der Waals surface area contributed by atoms with Crippen molar-refractivity contribution in [3.8, 4) is 0 Å². The first-order valence-corrected chi connectivity index (χ1v) is 9.95. The molecule has 0 radical (unpaired) electrons. The third kappa shape index (κ3) is 3.36. The normalized spacial score (nSPS) is 17.7. The largest absolute Gasteiger partial charge is 0.372 e. The van der Waals surface area contributed by atoms with E-state index in [0.717, 1.165) is 11.1 Å². The molecule has 3 aromatic carbocycles. The molecular weight excluding hydrogens is 400 g/mol.